The number of aromatic hydroxyl groups is 1. The van der Waals surface area contributed by atoms with Crippen molar-refractivity contribution >= 4 is 11.2 Å². The molecule has 0 aliphatic heterocycles. The van der Waals surface area contributed by atoms with Gasteiger partial charge in [-0.3, -0.25) is 0 Å². The molecular weight excluding hydrogens is 226 g/mol. The van der Waals surface area contributed by atoms with E-state index in [9.17, 15) is 5.11 Å². The van der Waals surface area contributed by atoms with Gasteiger partial charge >= 0.3 is 0 Å². The van der Waals surface area contributed by atoms with Gasteiger partial charge in [0.05, 0.1) is 5.52 Å². The largest absolute Gasteiger partial charge is 0.508 e. The Kier molecular flexibility index (Phi) is 2.48. The molecule has 0 saturated heterocycles. The number of hydrogen-bond acceptors (Lipinski definition) is 3. The molecule has 0 atom stereocenters. The van der Waals surface area contributed by atoms with Crippen LogP contribution in [0.4, 0.5) is 0 Å². The molecule has 18 heavy (non-hydrogen) atoms. The summed E-state index contributed by atoms with van der Waals surface area (Å²) < 4.78 is 0. The van der Waals surface area contributed by atoms with E-state index in [1.165, 1.54) is 0 Å². The molecule has 0 saturated carbocycles. The first kappa shape index (κ1) is 10.8. The van der Waals surface area contributed by atoms with Crippen molar-refractivity contribution in [3.8, 4) is 5.75 Å². The van der Waals surface area contributed by atoms with Crippen molar-refractivity contribution in [2.24, 2.45) is 0 Å². The number of aromatic nitrogens is 3. The summed E-state index contributed by atoms with van der Waals surface area (Å²) in [6, 6.07) is 9.30. The third-order valence-electron chi connectivity index (χ3n) is 2.87. The Morgan fingerprint density at radius 1 is 1.28 bits per heavy atom. The van der Waals surface area contributed by atoms with Crippen LogP contribution in [0, 0.1) is 6.92 Å². The van der Waals surface area contributed by atoms with Crippen LogP contribution in [0.15, 0.2) is 36.5 Å². The highest BCUT2D eigenvalue weighted by atomic mass is 16.3. The Labute approximate surface area is 104 Å². The number of hydrogen-bond donors (Lipinski definition) is 2. The van der Waals surface area contributed by atoms with Gasteiger partial charge in [-0.1, -0.05) is 18.2 Å². The number of phenolic OH excluding ortho intramolecular Hbond substituents is 1. The number of aromatic amines is 1. The summed E-state index contributed by atoms with van der Waals surface area (Å²) in [5, 5.41) is 9.73. The maximum absolute atomic E-state index is 9.73. The van der Waals surface area contributed by atoms with E-state index in [0.717, 1.165) is 22.5 Å². The molecule has 3 aromatic rings. The second-order valence-electron chi connectivity index (χ2n) is 4.37. The Hall–Kier alpha value is -2.36. The van der Waals surface area contributed by atoms with Crippen LogP contribution in [0.5, 0.6) is 5.75 Å². The van der Waals surface area contributed by atoms with Crippen LogP contribution in [-0.2, 0) is 6.42 Å². The van der Waals surface area contributed by atoms with Gasteiger partial charge in [-0.2, -0.15) is 0 Å². The number of nitrogens with one attached hydrogen (secondary N) is 1. The first-order chi connectivity index (χ1) is 8.72. The lowest BCUT2D eigenvalue weighted by atomic mass is 10.1. The fourth-order valence-corrected chi connectivity index (χ4v) is 1.98. The van der Waals surface area contributed by atoms with Gasteiger partial charge in [0, 0.05) is 18.2 Å². The highest BCUT2D eigenvalue weighted by molar-refractivity contribution is 5.71. The van der Waals surface area contributed by atoms with E-state index in [1.54, 1.807) is 12.3 Å². The molecular formula is C14H13N3O. The molecule has 0 spiro atoms. The third kappa shape index (κ3) is 1.93. The lowest BCUT2D eigenvalue weighted by Crippen LogP contribution is -1.90. The lowest BCUT2D eigenvalue weighted by Gasteiger charge is -2.00. The molecule has 2 aromatic heterocycles. The van der Waals surface area contributed by atoms with Crippen molar-refractivity contribution in [2.75, 3.05) is 0 Å². The summed E-state index contributed by atoms with van der Waals surface area (Å²) >= 11 is 0. The zero-order chi connectivity index (χ0) is 12.5. The number of nitrogens with zero attached hydrogens (tertiary/aromatic N) is 2. The maximum Gasteiger partial charge on any atom is 0.177 e. The van der Waals surface area contributed by atoms with Crippen molar-refractivity contribution in [1.82, 2.24) is 15.0 Å². The van der Waals surface area contributed by atoms with Gasteiger partial charge in [-0.05, 0) is 24.6 Å². The zero-order valence-corrected chi connectivity index (χ0v) is 10.0. The average Bonchev–Trinajstić information content (AvgIpc) is 2.73. The molecule has 3 rings (SSSR count). The van der Waals surface area contributed by atoms with Crippen molar-refractivity contribution in [2.45, 2.75) is 13.3 Å². The Morgan fingerprint density at radius 2 is 2.11 bits per heavy atom. The second-order valence-corrected chi connectivity index (χ2v) is 4.37. The highest BCUT2D eigenvalue weighted by Crippen LogP contribution is 2.19. The van der Waals surface area contributed by atoms with E-state index in [-0.39, 0.29) is 0 Å². The van der Waals surface area contributed by atoms with Crippen LogP contribution in [-0.4, -0.2) is 20.1 Å². The molecule has 0 aliphatic carbocycles. The van der Waals surface area contributed by atoms with E-state index in [0.29, 0.717) is 17.8 Å². The van der Waals surface area contributed by atoms with E-state index in [4.69, 9.17) is 0 Å². The number of para-hydroxylation sites is 1. The van der Waals surface area contributed by atoms with Crippen LogP contribution in [0.25, 0.3) is 11.2 Å². The first-order valence-corrected chi connectivity index (χ1v) is 5.80. The molecule has 0 bridgehead atoms. The SMILES string of the molecule is Cc1cnc2nc(Cc3ccccc3O)[nH]c2c1. The molecule has 0 aliphatic rings. The van der Waals surface area contributed by atoms with E-state index >= 15 is 0 Å². The quantitative estimate of drug-likeness (QED) is 0.722. The van der Waals surface area contributed by atoms with Crippen molar-refractivity contribution < 1.29 is 5.11 Å². The fourth-order valence-electron chi connectivity index (χ4n) is 1.98. The van der Waals surface area contributed by atoms with Crippen LogP contribution in [0.3, 0.4) is 0 Å². The number of H-pyrrole nitrogens is 1. The second kappa shape index (κ2) is 4.14. The molecule has 0 radical (unpaired) electrons. The van der Waals surface area contributed by atoms with Gasteiger partial charge in [0.1, 0.15) is 11.6 Å². The van der Waals surface area contributed by atoms with Crippen molar-refractivity contribution in [3.63, 3.8) is 0 Å². The fraction of sp³-hybridized carbons (Fsp3) is 0.143. The summed E-state index contributed by atoms with van der Waals surface area (Å²) in [5.41, 5.74) is 3.60. The molecule has 4 nitrogen and oxygen atoms in total. The van der Waals surface area contributed by atoms with E-state index < -0.39 is 0 Å². The van der Waals surface area contributed by atoms with Gasteiger partial charge < -0.3 is 10.1 Å². The first-order valence-electron chi connectivity index (χ1n) is 5.80. The average molecular weight is 239 g/mol. The van der Waals surface area contributed by atoms with Crippen molar-refractivity contribution in [3.05, 3.63) is 53.5 Å². The molecule has 90 valence electrons. The number of fused-ring (bicyclic) bond motifs is 1. The summed E-state index contributed by atoms with van der Waals surface area (Å²) in [6.45, 7) is 2.00. The topological polar surface area (TPSA) is 61.8 Å². The van der Waals surface area contributed by atoms with Crippen molar-refractivity contribution in [1.29, 1.82) is 0 Å². The molecule has 1 aromatic carbocycles. The van der Waals surface area contributed by atoms with Crippen LogP contribution in [0.2, 0.25) is 0 Å². The molecule has 0 unspecified atom stereocenters. The normalized spacial score (nSPS) is 10.9. The minimum absolute atomic E-state index is 0.294. The number of imidazole rings is 1. The number of phenols is 1. The standard InChI is InChI=1S/C14H13N3O/c1-9-6-11-14(15-8-9)17-13(16-11)7-10-4-2-3-5-12(10)18/h2-6,8,18H,7H2,1H3,(H,15,16,17). The van der Waals surface area contributed by atoms with E-state index in [2.05, 4.69) is 15.0 Å². The molecule has 2 N–H and O–H groups in total. The predicted molar refractivity (Wildman–Crippen MR) is 69.5 cm³/mol. The third-order valence-corrected chi connectivity index (χ3v) is 2.87. The number of rotatable bonds is 2. The monoisotopic (exact) mass is 239 g/mol. The molecule has 4 heteroatoms. The summed E-state index contributed by atoms with van der Waals surface area (Å²) in [4.78, 5) is 11.9. The Bertz CT molecular complexity index is 703. The smallest absolute Gasteiger partial charge is 0.177 e. The maximum atomic E-state index is 9.73. The minimum Gasteiger partial charge on any atom is -0.508 e. The van der Waals surface area contributed by atoms with Crippen LogP contribution < -0.4 is 0 Å². The molecule has 2 heterocycles. The lowest BCUT2D eigenvalue weighted by molar-refractivity contribution is 0.469. The Morgan fingerprint density at radius 3 is 2.94 bits per heavy atom. The van der Waals surface area contributed by atoms with Gasteiger partial charge in [0.15, 0.2) is 5.65 Å². The van der Waals surface area contributed by atoms with Crippen LogP contribution in [0.1, 0.15) is 17.0 Å². The Balaban J connectivity index is 1.98. The van der Waals surface area contributed by atoms with Gasteiger partial charge in [-0.15, -0.1) is 0 Å². The number of benzene rings is 1. The number of aryl methyl sites for hydroxylation is 1. The summed E-state index contributed by atoms with van der Waals surface area (Å²) in [5.74, 6) is 1.10. The highest BCUT2D eigenvalue weighted by Gasteiger charge is 2.07. The number of pyridine rings is 1. The van der Waals surface area contributed by atoms with Gasteiger partial charge in [0.2, 0.25) is 0 Å². The summed E-state index contributed by atoms with van der Waals surface area (Å²) in [7, 11) is 0. The molecule has 0 amide bonds. The predicted octanol–water partition coefficient (Wildman–Crippen LogP) is 2.56. The summed E-state index contributed by atoms with van der Waals surface area (Å²) in [6.07, 6.45) is 2.37. The molecule has 0 fully saturated rings. The minimum atomic E-state index is 0.294. The van der Waals surface area contributed by atoms with Gasteiger partial charge in [0.25, 0.3) is 0 Å². The van der Waals surface area contributed by atoms with Gasteiger partial charge in [-0.25, -0.2) is 9.97 Å². The van der Waals surface area contributed by atoms with E-state index in [1.807, 2.05) is 31.2 Å². The van der Waals surface area contributed by atoms with Crippen LogP contribution >= 0.6 is 0 Å². The zero-order valence-electron chi connectivity index (χ0n) is 10.0.